The smallest absolute Gasteiger partial charge is 0.227 e. The van der Waals surface area contributed by atoms with Gasteiger partial charge in [-0.25, -0.2) is 0 Å². The average molecular weight is 454 g/mol. The van der Waals surface area contributed by atoms with E-state index in [0.717, 1.165) is 29.5 Å². The molecule has 8 nitrogen and oxygen atoms in total. The molecular formula is C19H24BrN3O5. The Morgan fingerprint density at radius 1 is 1.43 bits per heavy atom. The number of hydrogen-bond acceptors (Lipinski definition) is 7. The molecule has 3 rings (SSSR count). The van der Waals surface area contributed by atoms with Crippen LogP contribution in [0, 0.1) is 0 Å². The summed E-state index contributed by atoms with van der Waals surface area (Å²) in [5.41, 5.74) is 0.731. The second kappa shape index (κ2) is 9.88. The van der Waals surface area contributed by atoms with Gasteiger partial charge in [0.2, 0.25) is 17.6 Å². The van der Waals surface area contributed by atoms with Crippen LogP contribution in [0.2, 0.25) is 0 Å². The van der Waals surface area contributed by atoms with Gasteiger partial charge in [-0.3, -0.25) is 4.79 Å². The Bertz CT molecular complexity index is 805. The first kappa shape index (κ1) is 20.6. The van der Waals surface area contributed by atoms with Crippen molar-refractivity contribution in [3.8, 4) is 22.9 Å². The van der Waals surface area contributed by atoms with Gasteiger partial charge < -0.3 is 24.1 Å². The number of methoxy groups -OCH3 is 1. The highest BCUT2D eigenvalue weighted by Gasteiger charge is 2.18. The van der Waals surface area contributed by atoms with Gasteiger partial charge in [0, 0.05) is 31.6 Å². The van der Waals surface area contributed by atoms with Crippen molar-refractivity contribution in [2.24, 2.45) is 0 Å². The number of aromatic nitrogens is 2. The third-order valence-electron chi connectivity index (χ3n) is 4.36. The van der Waals surface area contributed by atoms with Crippen molar-refractivity contribution < 1.29 is 23.5 Å². The zero-order valence-electron chi connectivity index (χ0n) is 16.0. The topological polar surface area (TPSA) is 95.7 Å². The van der Waals surface area contributed by atoms with E-state index in [1.807, 2.05) is 13.0 Å². The number of amides is 1. The standard InChI is InChI=1S/C19H24BrN3O5/c1-3-26-15-10-12(9-14(20)18(15)25-2)19-22-17(28-23-19)7-6-16(24)21-11-13-5-4-8-27-13/h9-10,13H,3-8,11H2,1-2H3,(H,21,24). The number of benzene rings is 1. The fourth-order valence-corrected chi connectivity index (χ4v) is 3.58. The van der Waals surface area contributed by atoms with Crippen molar-refractivity contribution in [2.75, 3.05) is 26.9 Å². The van der Waals surface area contributed by atoms with E-state index in [-0.39, 0.29) is 18.4 Å². The number of rotatable bonds is 9. The normalized spacial score (nSPS) is 16.2. The minimum atomic E-state index is -0.0546. The molecule has 0 spiro atoms. The zero-order chi connectivity index (χ0) is 19.9. The molecule has 1 aromatic heterocycles. The monoisotopic (exact) mass is 453 g/mol. The van der Waals surface area contributed by atoms with E-state index in [1.165, 1.54) is 0 Å². The van der Waals surface area contributed by atoms with Crippen LogP contribution >= 0.6 is 15.9 Å². The molecule has 0 radical (unpaired) electrons. The number of hydrogen-bond donors (Lipinski definition) is 1. The minimum Gasteiger partial charge on any atom is -0.492 e. The fraction of sp³-hybridized carbons (Fsp3) is 0.526. The molecule has 1 saturated heterocycles. The van der Waals surface area contributed by atoms with E-state index in [1.54, 1.807) is 13.2 Å². The number of ether oxygens (including phenoxy) is 3. The number of nitrogens with zero attached hydrogens (tertiary/aromatic N) is 2. The van der Waals surface area contributed by atoms with Crippen LogP contribution in [0.15, 0.2) is 21.1 Å². The first-order valence-electron chi connectivity index (χ1n) is 9.32. The lowest BCUT2D eigenvalue weighted by molar-refractivity contribution is -0.121. The molecule has 1 unspecified atom stereocenters. The maximum Gasteiger partial charge on any atom is 0.227 e. The van der Waals surface area contributed by atoms with E-state index < -0.39 is 0 Å². The molecule has 0 saturated carbocycles. The highest BCUT2D eigenvalue weighted by molar-refractivity contribution is 9.10. The van der Waals surface area contributed by atoms with E-state index in [2.05, 4.69) is 31.4 Å². The molecule has 28 heavy (non-hydrogen) atoms. The van der Waals surface area contributed by atoms with Crippen LogP contribution in [0.1, 0.15) is 32.1 Å². The Kier molecular flexibility index (Phi) is 7.27. The molecule has 1 atom stereocenters. The van der Waals surface area contributed by atoms with Crippen molar-refractivity contribution in [1.29, 1.82) is 0 Å². The van der Waals surface area contributed by atoms with Crippen LogP contribution in [0.25, 0.3) is 11.4 Å². The molecule has 1 aromatic carbocycles. The van der Waals surface area contributed by atoms with Crippen LogP contribution in [0.4, 0.5) is 0 Å². The maximum atomic E-state index is 12.0. The Hall–Kier alpha value is -2.13. The second-order valence-corrected chi connectivity index (χ2v) is 7.23. The number of carbonyl (C=O) groups excluding carboxylic acids is 1. The van der Waals surface area contributed by atoms with Crippen LogP contribution in [-0.4, -0.2) is 49.0 Å². The summed E-state index contributed by atoms with van der Waals surface area (Å²) in [7, 11) is 1.58. The van der Waals surface area contributed by atoms with Crippen LogP contribution in [0.5, 0.6) is 11.5 Å². The summed E-state index contributed by atoms with van der Waals surface area (Å²) >= 11 is 3.47. The average Bonchev–Trinajstić information content (AvgIpc) is 3.36. The summed E-state index contributed by atoms with van der Waals surface area (Å²) in [6.45, 7) is 3.73. The van der Waals surface area contributed by atoms with Crippen LogP contribution < -0.4 is 14.8 Å². The highest BCUT2D eigenvalue weighted by atomic mass is 79.9. The van der Waals surface area contributed by atoms with E-state index >= 15 is 0 Å². The summed E-state index contributed by atoms with van der Waals surface area (Å²) < 4.78 is 22.5. The largest absolute Gasteiger partial charge is 0.492 e. The molecule has 2 heterocycles. The van der Waals surface area contributed by atoms with Crippen molar-refractivity contribution in [3.05, 3.63) is 22.5 Å². The lowest BCUT2D eigenvalue weighted by Crippen LogP contribution is -2.31. The highest BCUT2D eigenvalue weighted by Crippen LogP contribution is 2.39. The number of nitrogens with one attached hydrogen (secondary N) is 1. The molecule has 9 heteroatoms. The molecule has 1 fully saturated rings. The second-order valence-electron chi connectivity index (χ2n) is 6.37. The summed E-state index contributed by atoms with van der Waals surface area (Å²) in [6.07, 6.45) is 2.84. The summed E-state index contributed by atoms with van der Waals surface area (Å²) in [5, 5.41) is 6.90. The van der Waals surface area contributed by atoms with Gasteiger partial charge in [0.15, 0.2) is 11.5 Å². The molecule has 0 bridgehead atoms. The Morgan fingerprint density at radius 2 is 2.29 bits per heavy atom. The number of carbonyl (C=O) groups is 1. The van der Waals surface area contributed by atoms with E-state index in [4.69, 9.17) is 18.7 Å². The lowest BCUT2D eigenvalue weighted by Gasteiger charge is -2.12. The quantitative estimate of drug-likeness (QED) is 0.622. The number of halogens is 1. The predicted octanol–water partition coefficient (Wildman–Crippen LogP) is 3.13. The molecule has 152 valence electrons. The Morgan fingerprint density at radius 3 is 3.00 bits per heavy atom. The molecule has 1 aliphatic heterocycles. The molecule has 2 aromatic rings. The lowest BCUT2D eigenvalue weighted by atomic mass is 10.2. The molecular weight excluding hydrogens is 430 g/mol. The van der Waals surface area contributed by atoms with Gasteiger partial charge in [-0.2, -0.15) is 4.98 Å². The van der Waals surface area contributed by atoms with E-state index in [9.17, 15) is 4.79 Å². The van der Waals surface area contributed by atoms with Gasteiger partial charge in [0.25, 0.3) is 0 Å². The predicted molar refractivity (Wildman–Crippen MR) is 105 cm³/mol. The number of aryl methyl sites for hydroxylation is 1. The van der Waals surface area contributed by atoms with Crippen molar-refractivity contribution in [1.82, 2.24) is 15.5 Å². The molecule has 1 N–H and O–H groups in total. The van der Waals surface area contributed by atoms with Crippen LogP contribution in [0.3, 0.4) is 0 Å². The van der Waals surface area contributed by atoms with Gasteiger partial charge >= 0.3 is 0 Å². The Balaban J connectivity index is 1.59. The van der Waals surface area contributed by atoms with Gasteiger partial charge in [-0.05, 0) is 47.8 Å². The van der Waals surface area contributed by atoms with Crippen molar-refractivity contribution in [2.45, 2.75) is 38.7 Å². The minimum absolute atomic E-state index is 0.0546. The van der Waals surface area contributed by atoms with Gasteiger partial charge in [-0.1, -0.05) is 5.16 Å². The summed E-state index contributed by atoms with van der Waals surface area (Å²) in [6, 6.07) is 3.64. The van der Waals surface area contributed by atoms with Crippen LogP contribution in [-0.2, 0) is 16.0 Å². The van der Waals surface area contributed by atoms with Crippen molar-refractivity contribution in [3.63, 3.8) is 0 Å². The van der Waals surface area contributed by atoms with Gasteiger partial charge in [0.1, 0.15) is 0 Å². The Labute approximate surface area is 172 Å². The van der Waals surface area contributed by atoms with Gasteiger partial charge in [-0.15, -0.1) is 0 Å². The third kappa shape index (κ3) is 5.23. The fourth-order valence-electron chi connectivity index (χ4n) is 2.97. The SMILES string of the molecule is CCOc1cc(-c2noc(CCC(=O)NCC3CCCO3)n2)cc(Br)c1OC. The first-order chi connectivity index (χ1) is 13.6. The van der Waals surface area contributed by atoms with Crippen molar-refractivity contribution >= 4 is 21.8 Å². The molecule has 1 aliphatic rings. The summed E-state index contributed by atoms with van der Waals surface area (Å²) in [4.78, 5) is 16.4. The van der Waals surface area contributed by atoms with Gasteiger partial charge in [0.05, 0.1) is 24.3 Å². The summed E-state index contributed by atoms with van der Waals surface area (Å²) in [5.74, 6) is 1.98. The van der Waals surface area contributed by atoms with E-state index in [0.29, 0.717) is 42.8 Å². The molecule has 0 aliphatic carbocycles. The third-order valence-corrected chi connectivity index (χ3v) is 4.95. The first-order valence-corrected chi connectivity index (χ1v) is 10.1. The molecule has 1 amide bonds. The zero-order valence-corrected chi connectivity index (χ0v) is 17.6. The maximum absolute atomic E-state index is 12.0.